The van der Waals surface area contributed by atoms with Crippen LogP contribution in [0.1, 0.15) is 24.3 Å². The van der Waals surface area contributed by atoms with E-state index in [9.17, 15) is 4.39 Å². The molecule has 21 heavy (non-hydrogen) atoms. The Morgan fingerprint density at radius 2 is 2.05 bits per heavy atom. The van der Waals surface area contributed by atoms with Crippen LogP contribution in [0.5, 0.6) is 0 Å². The Kier molecular flexibility index (Phi) is 3.11. The van der Waals surface area contributed by atoms with Gasteiger partial charge in [0.15, 0.2) is 0 Å². The van der Waals surface area contributed by atoms with Crippen LogP contribution in [0.3, 0.4) is 0 Å². The smallest absolute Gasteiger partial charge is 0.123 e. The molecule has 1 aliphatic carbocycles. The molecule has 0 aliphatic heterocycles. The average molecular weight is 298 g/mol. The van der Waals surface area contributed by atoms with Crippen molar-refractivity contribution in [3.63, 3.8) is 0 Å². The summed E-state index contributed by atoms with van der Waals surface area (Å²) in [6.45, 7) is 0. The predicted molar refractivity (Wildman–Crippen MR) is 85.4 cm³/mol. The lowest BCUT2D eigenvalue weighted by molar-refractivity contribution is 0.373. The molecule has 0 atom stereocenters. The molecule has 0 unspecified atom stereocenters. The molecule has 4 rings (SSSR count). The van der Waals surface area contributed by atoms with Crippen LogP contribution in [0.25, 0.3) is 10.2 Å². The van der Waals surface area contributed by atoms with E-state index in [0.29, 0.717) is 12.0 Å². The fourth-order valence-corrected chi connectivity index (χ4v) is 3.67. The molecule has 3 aromatic rings. The number of anilines is 1. The van der Waals surface area contributed by atoms with Gasteiger partial charge in [-0.25, -0.2) is 9.37 Å². The van der Waals surface area contributed by atoms with Gasteiger partial charge in [0.1, 0.15) is 5.82 Å². The number of hydrogen-bond acceptors (Lipinski definition) is 3. The molecular formula is C17H15FN2S. The van der Waals surface area contributed by atoms with Gasteiger partial charge in [0.05, 0.1) is 15.7 Å². The van der Waals surface area contributed by atoms with Crippen molar-refractivity contribution in [2.75, 3.05) is 5.32 Å². The lowest BCUT2D eigenvalue weighted by Crippen LogP contribution is -2.34. The lowest BCUT2D eigenvalue weighted by Gasteiger charge is -2.37. The lowest BCUT2D eigenvalue weighted by atomic mass is 9.76. The highest BCUT2D eigenvalue weighted by molar-refractivity contribution is 7.16. The van der Waals surface area contributed by atoms with Gasteiger partial charge in [-0.05, 0) is 54.7 Å². The Balaban J connectivity index is 1.41. The molecule has 1 aliphatic rings. The van der Waals surface area contributed by atoms with E-state index in [4.69, 9.17) is 0 Å². The molecule has 1 heterocycles. The molecule has 2 nitrogen and oxygen atoms in total. The molecule has 0 bridgehead atoms. The van der Waals surface area contributed by atoms with Crippen LogP contribution < -0.4 is 5.32 Å². The Hall–Kier alpha value is -1.94. The maximum absolute atomic E-state index is 13.2. The van der Waals surface area contributed by atoms with Crippen molar-refractivity contribution in [1.29, 1.82) is 0 Å². The Bertz CT molecular complexity index is 777. The van der Waals surface area contributed by atoms with Crippen molar-refractivity contribution in [2.24, 2.45) is 0 Å². The minimum absolute atomic E-state index is 0.139. The highest BCUT2D eigenvalue weighted by Gasteiger charge is 2.30. The van der Waals surface area contributed by atoms with Crippen LogP contribution in [0.4, 0.5) is 10.1 Å². The minimum Gasteiger partial charge on any atom is -0.382 e. The van der Waals surface area contributed by atoms with E-state index in [0.717, 1.165) is 29.6 Å². The van der Waals surface area contributed by atoms with Gasteiger partial charge in [0.25, 0.3) is 0 Å². The number of thiazole rings is 1. The van der Waals surface area contributed by atoms with E-state index in [2.05, 4.69) is 28.5 Å². The number of nitrogens with one attached hydrogen (secondary N) is 1. The van der Waals surface area contributed by atoms with Crippen molar-refractivity contribution in [3.05, 3.63) is 59.4 Å². The Morgan fingerprint density at radius 1 is 1.14 bits per heavy atom. The second-order valence-electron chi connectivity index (χ2n) is 5.60. The Labute approximate surface area is 126 Å². The van der Waals surface area contributed by atoms with Crippen LogP contribution in [0.2, 0.25) is 0 Å². The number of benzene rings is 2. The van der Waals surface area contributed by atoms with Gasteiger partial charge in [0.2, 0.25) is 0 Å². The SMILES string of the molecule is Fc1cccc(C2CC(Nc3ccc4ncsc4c3)C2)c1. The second kappa shape index (κ2) is 5.11. The van der Waals surface area contributed by atoms with Crippen LogP contribution >= 0.6 is 11.3 Å². The Morgan fingerprint density at radius 3 is 2.90 bits per heavy atom. The number of rotatable bonds is 3. The molecule has 106 valence electrons. The molecule has 0 spiro atoms. The monoisotopic (exact) mass is 298 g/mol. The van der Waals surface area contributed by atoms with E-state index in [1.54, 1.807) is 23.5 Å². The predicted octanol–water partition coefficient (Wildman–Crippen LogP) is 4.79. The molecule has 1 fully saturated rings. The summed E-state index contributed by atoms with van der Waals surface area (Å²) < 4.78 is 14.4. The molecule has 1 saturated carbocycles. The summed E-state index contributed by atoms with van der Waals surface area (Å²) in [5, 5.41) is 3.56. The maximum atomic E-state index is 13.2. The van der Waals surface area contributed by atoms with Crippen molar-refractivity contribution < 1.29 is 4.39 Å². The molecule has 2 aromatic carbocycles. The standard InChI is InChI=1S/C17H15FN2S/c18-13-3-1-2-11(6-13)12-7-15(8-12)20-14-4-5-16-17(9-14)21-10-19-16/h1-6,9-10,12,15,20H,7-8H2. The summed E-state index contributed by atoms with van der Waals surface area (Å²) >= 11 is 1.66. The van der Waals surface area contributed by atoms with Gasteiger partial charge in [0, 0.05) is 11.7 Å². The third-order valence-corrected chi connectivity index (χ3v) is 4.95. The quantitative estimate of drug-likeness (QED) is 0.751. The van der Waals surface area contributed by atoms with Crippen LogP contribution in [0.15, 0.2) is 48.0 Å². The second-order valence-corrected chi connectivity index (χ2v) is 6.49. The maximum Gasteiger partial charge on any atom is 0.123 e. The number of halogens is 1. The summed E-state index contributed by atoms with van der Waals surface area (Å²) in [5.74, 6) is 0.338. The van der Waals surface area contributed by atoms with Crippen molar-refractivity contribution in [1.82, 2.24) is 4.98 Å². The van der Waals surface area contributed by atoms with Gasteiger partial charge >= 0.3 is 0 Å². The molecule has 0 saturated heterocycles. The number of nitrogens with zero attached hydrogens (tertiary/aromatic N) is 1. The zero-order valence-electron chi connectivity index (χ0n) is 11.4. The van der Waals surface area contributed by atoms with Crippen LogP contribution in [0, 0.1) is 5.82 Å². The molecule has 0 radical (unpaired) electrons. The van der Waals surface area contributed by atoms with Crippen molar-refractivity contribution in [2.45, 2.75) is 24.8 Å². The highest BCUT2D eigenvalue weighted by Crippen LogP contribution is 2.39. The summed E-state index contributed by atoms with van der Waals surface area (Å²) in [4.78, 5) is 4.29. The van der Waals surface area contributed by atoms with Crippen LogP contribution in [-0.4, -0.2) is 11.0 Å². The molecule has 0 amide bonds. The van der Waals surface area contributed by atoms with Crippen molar-refractivity contribution >= 4 is 27.2 Å². The fraction of sp³-hybridized carbons (Fsp3) is 0.235. The summed E-state index contributed by atoms with van der Waals surface area (Å²) in [5.41, 5.74) is 5.19. The molecule has 1 N–H and O–H groups in total. The minimum atomic E-state index is -0.139. The van der Waals surface area contributed by atoms with E-state index in [1.807, 2.05) is 11.6 Å². The third-order valence-electron chi connectivity index (χ3n) is 4.16. The summed E-state index contributed by atoms with van der Waals surface area (Å²) in [6, 6.07) is 13.7. The van der Waals surface area contributed by atoms with E-state index in [-0.39, 0.29) is 5.82 Å². The fourth-order valence-electron chi connectivity index (χ4n) is 2.95. The van der Waals surface area contributed by atoms with Crippen LogP contribution in [-0.2, 0) is 0 Å². The zero-order chi connectivity index (χ0) is 14.2. The number of aromatic nitrogens is 1. The van der Waals surface area contributed by atoms with Gasteiger partial charge in [-0.3, -0.25) is 0 Å². The van der Waals surface area contributed by atoms with E-state index >= 15 is 0 Å². The number of fused-ring (bicyclic) bond motifs is 1. The van der Waals surface area contributed by atoms with Gasteiger partial charge in [-0.1, -0.05) is 12.1 Å². The van der Waals surface area contributed by atoms with Gasteiger partial charge < -0.3 is 5.32 Å². The van der Waals surface area contributed by atoms with Gasteiger partial charge in [-0.2, -0.15) is 0 Å². The largest absolute Gasteiger partial charge is 0.382 e. The molecule has 1 aromatic heterocycles. The highest BCUT2D eigenvalue weighted by atomic mass is 32.1. The summed E-state index contributed by atoms with van der Waals surface area (Å²) in [6.07, 6.45) is 2.12. The van der Waals surface area contributed by atoms with E-state index in [1.165, 1.54) is 10.8 Å². The first-order valence-corrected chi connectivity index (χ1v) is 8.01. The first kappa shape index (κ1) is 12.8. The normalized spacial score (nSPS) is 21.2. The first-order chi connectivity index (χ1) is 10.3. The number of hydrogen-bond donors (Lipinski definition) is 1. The van der Waals surface area contributed by atoms with Gasteiger partial charge in [-0.15, -0.1) is 11.3 Å². The third kappa shape index (κ3) is 2.51. The average Bonchev–Trinajstić information content (AvgIpc) is 2.89. The molecule has 4 heteroatoms. The first-order valence-electron chi connectivity index (χ1n) is 7.13. The van der Waals surface area contributed by atoms with Crippen molar-refractivity contribution in [3.8, 4) is 0 Å². The molecular weight excluding hydrogens is 283 g/mol. The summed E-state index contributed by atoms with van der Waals surface area (Å²) in [7, 11) is 0. The zero-order valence-corrected chi connectivity index (χ0v) is 12.2. The topological polar surface area (TPSA) is 24.9 Å². The van der Waals surface area contributed by atoms with E-state index < -0.39 is 0 Å².